The van der Waals surface area contributed by atoms with Crippen LogP contribution in [0.3, 0.4) is 0 Å². The zero-order chi connectivity index (χ0) is 7.11. The third-order valence-corrected chi connectivity index (χ3v) is 0.634. The second-order valence-electron chi connectivity index (χ2n) is 1.30. The number of alkyl halides is 1. The molecule has 0 saturated carbocycles. The van der Waals surface area contributed by atoms with Gasteiger partial charge in [-0.15, -0.1) is 11.6 Å². The molecule has 4 heteroatoms. The van der Waals surface area contributed by atoms with Crippen LogP contribution in [-0.4, -0.2) is 11.8 Å². The van der Waals surface area contributed by atoms with E-state index in [1.165, 1.54) is 13.2 Å². The Labute approximate surface area is 58.6 Å². The van der Waals surface area contributed by atoms with Gasteiger partial charge in [-0.1, -0.05) is 0 Å². The number of nitrogens with one attached hydrogen (secondary N) is 1. The van der Waals surface area contributed by atoms with Crippen LogP contribution in [-0.2, 0) is 9.63 Å². The maximum Gasteiger partial charge on any atom is 0.249 e. The van der Waals surface area contributed by atoms with Gasteiger partial charge in [-0.2, -0.15) is 5.48 Å². The van der Waals surface area contributed by atoms with E-state index in [0.717, 1.165) is 0 Å². The van der Waals surface area contributed by atoms with Crippen molar-refractivity contribution >= 4 is 17.5 Å². The lowest BCUT2D eigenvalue weighted by atomic mass is 10.7. The number of hydrogen-bond donors (Lipinski definition) is 1. The fourth-order valence-electron chi connectivity index (χ4n) is 0.201. The summed E-state index contributed by atoms with van der Waals surface area (Å²) in [5.41, 5.74) is 2.10. The van der Waals surface area contributed by atoms with Crippen molar-refractivity contribution in [2.45, 2.75) is 6.92 Å². The van der Waals surface area contributed by atoms with E-state index < -0.39 is 0 Å². The summed E-state index contributed by atoms with van der Waals surface area (Å²) in [7, 11) is 0. The summed E-state index contributed by atoms with van der Waals surface area (Å²) < 4.78 is 0. The fraction of sp³-hybridized carbons (Fsp3) is 0.400. The van der Waals surface area contributed by atoms with Gasteiger partial charge in [0.05, 0.1) is 0 Å². The van der Waals surface area contributed by atoms with E-state index in [0.29, 0.717) is 5.88 Å². The number of carbonyl (C=O) groups excluding carboxylic acids is 1. The highest BCUT2D eigenvalue weighted by Crippen LogP contribution is 1.77. The predicted molar refractivity (Wildman–Crippen MR) is 34.8 cm³/mol. The van der Waals surface area contributed by atoms with Crippen molar-refractivity contribution in [3.8, 4) is 0 Å². The molecule has 3 nitrogen and oxygen atoms in total. The van der Waals surface area contributed by atoms with Gasteiger partial charge in [0.1, 0.15) is 6.26 Å². The van der Waals surface area contributed by atoms with Crippen LogP contribution >= 0.6 is 11.6 Å². The summed E-state index contributed by atoms with van der Waals surface area (Å²) in [5, 5.41) is 0. The van der Waals surface area contributed by atoms with Crippen molar-refractivity contribution in [3.05, 3.63) is 12.3 Å². The number of halogens is 1. The standard InChI is InChI=1S/C5H8ClNO2/c1-5(8)7-9-4-2-3-6/h2,4H,3H2,1H3,(H,7,8). The molecular formula is C5H8ClNO2. The molecule has 0 aliphatic carbocycles. The molecule has 0 aliphatic heterocycles. The molecule has 0 radical (unpaired) electrons. The largest absolute Gasteiger partial charge is 0.388 e. The van der Waals surface area contributed by atoms with E-state index >= 15 is 0 Å². The van der Waals surface area contributed by atoms with Gasteiger partial charge in [0.2, 0.25) is 5.91 Å². The first-order chi connectivity index (χ1) is 4.27. The molecular weight excluding hydrogens is 142 g/mol. The first kappa shape index (κ1) is 8.30. The molecule has 0 spiro atoms. The summed E-state index contributed by atoms with van der Waals surface area (Å²) in [6, 6.07) is 0. The predicted octanol–water partition coefficient (Wildman–Crippen LogP) is 0.807. The number of allylic oxidation sites excluding steroid dienone is 1. The van der Waals surface area contributed by atoms with Gasteiger partial charge in [0.15, 0.2) is 0 Å². The lowest BCUT2D eigenvalue weighted by Gasteiger charge is -1.95. The van der Waals surface area contributed by atoms with Gasteiger partial charge in [-0.25, -0.2) is 0 Å². The summed E-state index contributed by atoms with van der Waals surface area (Å²) in [6.45, 7) is 1.36. The second-order valence-corrected chi connectivity index (χ2v) is 1.61. The van der Waals surface area contributed by atoms with E-state index in [9.17, 15) is 4.79 Å². The van der Waals surface area contributed by atoms with Crippen LogP contribution in [0.5, 0.6) is 0 Å². The molecule has 1 N–H and O–H groups in total. The lowest BCUT2D eigenvalue weighted by Crippen LogP contribution is -2.16. The van der Waals surface area contributed by atoms with Crippen LogP contribution < -0.4 is 5.48 Å². The Morgan fingerprint density at radius 3 is 3.00 bits per heavy atom. The molecule has 52 valence electrons. The van der Waals surface area contributed by atoms with Gasteiger partial charge in [-0.3, -0.25) is 4.79 Å². The Morgan fingerprint density at radius 1 is 1.89 bits per heavy atom. The first-order valence-corrected chi connectivity index (χ1v) is 2.94. The number of hydrogen-bond acceptors (Lipinski definition) is 2. The van der Waals surface area contributed by atoms with Crippen LogP contribution in [0.2, 0.25) is 0 Å². The second kappa shape index (κ2) is 5.44. The van der Waals surface area contributed by atoms with Crippen molar-refractivity contribution in [1.29, 1.82) is 0 Å². The topological polar surface area (TPSA) is 38.3 Å². The quantitative estimate of drug-likeness (QED) is 0.366. The van der Waals surface area contributed by atoms with Gasteiger partial charge < -0.3 is 4.84 Å². The Morgan fingerprint density at radius 2 is 2.56 bits per heavy atom. The third-order valence-electron chi connectivity index (χ3n) is 0.456. The van der Waals surface area contributed by atoms with Crippen LogP contribution in [0.25, 0.3) is 0 Å². The maximum absolute atomic E-state index is 10.1. The summed E-state index contributed by atoms with van der Waals surface area (Å²) >= 11 is 5.24. The van der Waals surface area contributed by atoms with Gasteiger partial charge >= 0.3 is 0 Å². The molecule has 9 heavy (non-hydrogen) atoms. The number of carbonyl (C=O) groups is 1. The minimum atomic E-state index is -0.241. The average Bonchev–Trinajstić information content (AvgIpc) is 1.80. The zero-order valence-electron chi connectivity index (χ0n) is 5.06. The Hall–Kier alpha value is -0.700. The Balaban J connectivity index is 3.09. The van der Waals surface area contributed by atoms with E-state index in [-0.39, 0.29) is 5.91 Å². The van der Waals surface area contributed by atoms with Gasteiger partial charge in [0, 0.05) is 12.8 Å². The van der Waals surface area contributed by atoms with E-state index in [1.807, 2.05) is 0 Å². The monoisotopic (exact) mass is 149 g/mol. The van der Waals surface area contributed by atoms with Crippen LogP contribution in [0.4, 0.5) is 0 Å². The van der Waals surface area contributed by atoms with Crippen LogP contribution in [0.1, 0.15) is 6.92 Å². The molecule has 0 aliphatic rings. The first-order valence-electron chi connectivity index (χ1n) is 2.40. The van der Waals surface area contributed by atoms with Crippen LogP contribution in [0.15, 0.2) is 12.3 Å². The van der Waals surface area contributed by atoms with Crippen molar-refractivity contribution < 1.29 is 9.63 Å². The number of hydroxylamine groups is 1. The summed E-state index contributed by atoms with van der Waals surface area (Å²) in [5.74, 6) is 0.133. The molecule has 0 bridgehead atoms. The third kappa shape index (κ3) is 7.30. The normalized spacial score (nSPS) is 9.56. The Kier molecular flexibility index (Phi) is 5.01. The van der Waals surface area contributed by atoms with E-state index in [1.54, 1.807) is 6.08 Å². The lowest BCUT2D eigenvalue weighted by molar-refractivity contribution is -0.127. The summed E-state index contributed by atoms with van der Waals surface area (Å²) in [6.07, 6.45) is 2.88. The molecule has 0 fully saturated rings. The number of amides is 1. The molecule has 0 unspecified atom stereocenters. The molecule has 1 amide bonds. The average molecular weight is 150 g/mol. The van der Waals surface area contributed by atoms with E-state index in [2.05, 4.69) is 10.3 Å². The van der Waals surface area contributed by atoms with E-state index in [4.69, 9.17) is 11.6 Å². The molecule has 0 aromatic rings. The molecule has 0 aromatic carbocycles. The highest BCUT2D eigenvalue weighted by molar-refractivity contribution is 6.18. The minimum absolute atomic E-state index is 0.241. The molecule has 0 aromatic heterocycles. The summed E-state index contributed by atoms with van der Waals surface area (Å²) in [4.78, 5) is 14.6. The SMILES string of the molecule is CC(=O)NOC=CCCl. The Bertz CT molecular complexity index is 114. The molecule has 0 rings (SSSR count). The zero-order valence-corrected chi connectivity index (χ0v) is 5.81. The minimum Gasteiger partial charge on any atom is -0.388 e. The fourth-order valence-corrected chi connectivity index (χ4v) is 0.274. The van der Waals surface area contributed by atoms with Gasteiger partial charge in [0.25, 0.3) is 0 Å². The highest BCUT2D eigenvalue weighted by atomic mass is 35.5. The van der Waals surface area contributed by atoms with Crippen molar-refractivity contribution in [3.63, 3.8) is 0 Å². The van der Waals surface area contributed by atoms with Crippen molar-refractivity contribution in [1.82, 2.24) is 5.48 Å². The van der Waals surface area contributed by atoms with Crippen molar-refractivity contribution in [2.75, 3.05) is 5.88 Å². The maximum atomic E-state index is 10.1. The smallest absolute Gasteiger partial charge is 0.249 e. The van der Waals surface area contributed by atoms with Crippen LogP contribution in [0, 0.1) is 0 Å². The number of rotatable bonds is 3. The molecule has 0 heterocycles. The highest BCUT2D eigenvalue weighted by Gasteiger charge is 1.82. The molecule has 0 saturated heterocycles. The molecule has 0 atom stereocenters. The van der Waals surface area contributed by atoms with Gasteiger partial charge in [-0.05, 0) is 6.08 Å². The van der Waals surface area contributed by atoms with Crippen molar-refractivity contribution in [2.24, 2.45) is 0 Å².